The fourth-order valence-corrected chi connectivity index (χ4v) is 3.52. The summed E-state index contributed by atoms with van der Waals surface area (Å²) in [7, 11) is 0. The van der Waals surface area contributed by atoms with Gasteiger partial charge < -0.3 is 15.4 Å². The maximum Gasteiger partial charge on any atom is 0.308 e. The second-order valence-electron chi connectivity index (χ2n) is 7.65. The van der Waals surface area contributed by atoms with E-state index < -0.39 is 24.4 Å². The molecule has 0 atom stereocenters. The van der Waals surface area contributed by atoms with Gasteiger partial charge in [-0.15, -0.1) is 0 Å². The predicted octanol–water partition coefficient (Wildman–Crippen LogP) is 3.46. The van der Waals surface area contributed by atoms with Gasteiger partial charge in [-0.1, -0.05) is 66.7 Å². The van der Waals surface area contributed by atoms with Crippen LogP contribution in [0.5, 0.6) is 0 Å². The Morgan fingerprint density at radius 1 is 0.882 bits per heavy atom. The molecule has 3 N–H and O–H groups in total. The number of fused-ring (bicyclic) bond motifs is 1. The molecular weight excluding hydrogens is 432 g/mol. The summed E-state index contributed by atoms with van der Waals surface area (Å²) in [6.45, 7) is -0.336. The number of esters is 1. The Kier molecular flexibility index (Phi) is 7.29. The molecule has 1 aromatic heterocycles. The summed E-state index contributed by atoms with van der Waals surface area (Å²) in [6.07, 6.45) is 0.605. The molecule has 0 radical (unpaired) electrons. The van der Waals surface area contributed by atoms with Crippen molar-refractivity contribution in [2.24, 2.45) is 0 Å². The van der Waals surface area contributed by atoms with Gasteiger partial charge in [-0.3, -0.25) is 19.5 Å². The van der Waals surface area contributed by atoms with E-state index in [9.17, 15) is 14.4 Å². The summed E-state index contributed by atoms with van der Waals surface area (Å²) in [5.41, 5.74) is 3.77. The van der Waals surface area contributed by atoms with E-state index in [-0.39, 0.29) is 18.7 Å². The second-order valence-corrected chi connectivity index (χ2v) is 7.65. The van der Waals surface area contributed by atoms with Gasteiger partial charge in [0.05, 0.1) is 11.9 Å². The highest BCUT2D eigenvalue weighted by molar-refractivity contribution is 6.04. The Morgan fingerprint density at radius 2 is 1.62 bits per heavy atom. The first-order valence-corrected chi connectivity index (χ1v) is 10.9. The molecule has 8 nitrogen and oxygen atoms in total. The zero-order valence-corrected chi connectivity index (χ0v) is 18.4. The van der Waals surface area contributed by atoms with Crippen molar-refractivity contribution in [3.8, 4) is 0 Å². The van der Waals surface area contributed by atoms with Crippen LogP contribution in [0.1, 0.15) is 28.0 Å². The lowest BCUT2D eigenvalue weighted by Crippen LogP contribution is -2.28. The maximum atomic E-state index is 12.3. The molecule has 0 unspecified atom stereocenters. The fourth-order valence-electron chi connectivity index (χ4n) is 3.52. The third kappa shape index (κ3) is 5.86. The minimum atomic E-state index is -0.583. The summed E-state index contributed by atoms with van der Waals surface area (Å²) in [5, 5.41) is 13.0. The molecule has 0 aliphatic rings. The molecule has 4 aromatic rings. The standard InChI is InChI=1S/C26H24N4O4/c31-23(28-21-12-6-4-10-19(21)16-18-8-2-1-3-9-18)17-34-24(32)14-15-27-26(33)25-20-11-5-7-13-22(20)29-30-25/h1-13H,14-17H2,(H,27,33)(H,28,31)(H,29,30). The van der Waals surface area contributed by atoms with Crippen molar-refractivity contribution in [1.29, 1.82) is 0 Å². The van der Waals surface area contributed by atoms with Gasteiger partial charge in [-0.2, -0.15) is 5.10 Å². The number of aromatic amines is 1. The first-order chi connectivity index (χ1) is 16.6. The van der Waals surface area contributed by atoms with Crippen LogP contribution in [0, 0.1) is 0 Å². The lowest BCUT2D eigenvalue weighted by Gasteiger charge is -2.11. The van der Waals surface area contributed by atoms with E-state index in [0.717, 1.165) is 16.6 Å². The Balaban J connectivity index is 1.22. The lowest BCUT2D eigenvalue weighted by molar-refractivity contribution is -0.147. The zero-order chi connectivity index (χ0) is 23.8. The van der Waals surface area contributed by atoms with Gasteiger partial charge in [-0.05, 0) is 29.7 Å². The number of para-hydroxylation sites is 2. The molecule has 0 fully saturated rings. The molecule has 8 heteroatoms. The summed E-state index contributed by atoms with van der Waals surface area (Å²) in [4.78, 5) is 36.7. The van der Waals surface area contributed by atoms with E-state index in [2.05, 4.69) is 20.8 Å². The van der Waals surface area contributed by atoms with Gasteiger partial charge in [-0.25, -0.2) is 0 Å². The van der Waals surface area contributed by atoms with Crippen LogP contribution in [0.25, 0.3) is 10.9 Å². The van der Waals surface area contributed by atoms with E-state index in [1.54, 1.807) is 6.07 Å². The smallest absolute Gasteiger partial charge is 0.308 e. The van der Waals surface area contributed by atoms with Gasteiger partial charge >= 0.3 is 5.97 Å². The maximum absolute atomic E-state index is 12.3. The van der Waals surface area contributed by atoms with Crippen LogP contribution in [0.15, 0.2) is 78.9 Å². The highest BCUT2D eigenvalue weighted by Crippen LogP contribution is 2.19. The van der Waals surface area contributed by atoms with Crippen LogP contribution in [0.3, 0.4) is 0 Å². The minimum Gasteiger partial charge on any atom is -0.456 e. The average Bonchev–Trinajstić information content (AvgIpc) is 3.29. The second kappa shape index (κ2) is 10.9. The minimum absolute atomic E-state index is 0.0635. The third-order valence-corrected chi connectivity index (χ3v) is 5.19. The van der Waals surface area contributed by atoms with Crippen molar-refractivity contribution in [3.05, 3.63) is 95.7 Å². The number of hydrogen-bond donors (Lipinski definition) is 3. The number of rotatable bonds is 9. The number of amides is 2. The topological polar surface area (TPSA) is 113 Å². The molecule has 0 saturated heterocycles. The van der Waals surface area contributed by atoms with E-state index in [4.69, 9.17) is 4.74 Å². The van der Waals surface area contributed by atoms with Crippen LogP contribution >= 0.6 is 0 Å². The van der Waals surface area contributed by atoms with Crippen LogP contribution in [0.2, 0.25) is 0 Å². The fraction of sp³-hybridized carbons (Fsp3) is 0.154. The molecule has 0 bridgehead atoms. The summed E-state index contributed by atoms with van der Waals surface area (Å²) >= 11 is 0. The molecule has 34 heavy (non-hydrogen) atoms. The summed E-state index contributed by atoms with van der Waals surface area (Å²) < 4.78 is 5.05. The molecule has 172 valence electrons. The molecule has 0 spiro atoms. The van der Waals surface area contributed by atoms with Gasteiger partial charge in [0.1, 0.15) is 0 Å². The van der Waals surface area contributed by atoms with Crippen LogP contribution in [0.4, 0.5) is 5.69 Å². The number of benzene rings is 3. The van der Waals surface area contributed by atoms with Gasteiger partial charge in [0.15, 0.2) is 12.3 Å². The van der Waals surface area contributed by atoms with E-state index in [1.165, 1.54) is 0 Å². The van der Waals surface area contributed by atoms with Crippen molar-refractivity contribution in [3.63, 3.8) is 0 Å². The number of hydrogen-bond acceptors (Lipinski definition) is 5. The van der Waals surface area contributed by atoms with Crippen molar-refractivity contribution in [2.75, 3.05) is 18.5 Å². The normalized spacial score (nSPS) is 10.6. The Bertz CT molecular complexity index is 1300. The predicted molar refractivity (Wildman–Crippen MR) is 128 cm³/mol. The Labute approximate surface area is 196 Å². The van der Waals surface area contributed by atoms with E-state index >= 15 is 0 Å². The molecule has 2 amide bonds. The van der Waals surface area contributed by atoms with E-state index in [0.29, 0.717) is 17.5 Å². The third-order valence-electron chi connectivity index (χ3n) is 5.19. The first-order valence-electron chi connectivity index (χ1n) is 10.9. The largest absolute Gasteiger partial charge is 0.456 e. The van der Waals surface area contributed by atoms with Crippen molar-refractivity contribution < 1.29 is 19.1 Å². The quantitative estimate of drug-likeness (QED) is 0.334. The number of H-pyrrole nitrogens is 1. The van der Waals surface area contributed by atoms with Crippen molar-refractivity contribution in [1.82, 2.24) is 15.5 Å². The Hall–Kier alpha value is -4.46. The summed E-state index contributed by atoms with van der Waals surface area (Å²) in [5.74, 6) is -1.40. The molecule has 0 saturated carbocycles. The molecule has 3 aromatic carbocycles. The molecule has 0 aliphatic heterocycles. The number of nitrogens with one attached hydrogen (secondary N) is 3. The Morgan fingerprint density at radius 3 is 2.47 bits per heavy atom. The molecule has 0 aliphatic carbocycles. The van der Waals surface area contributed by atoms with Crippen LogP contribution < -0.4 is 10.6 Å². The van der Waals surface area contributed by atoms with Crippen LogP contribution in [-0.2, 0) is 20.7 Å². The summed E-state index contributed by atoms with van der Waals surface area (Å²) in [6, 6.07) is 24.7. The monoisotopic (exact) mass is 456 g/mol. The number of aromatic nitrogens is 2. The molecular formula is C26H24N4O4. The van der Waals surface area contributed by atoms with E-state index in [1.807, 2.05) is 72.8 Å². The molecule has 1 heterocycles. The highest BCUT2D eigenvalue weighted by atomic mass is 16.5. The number of carbonyl (C=O) groups is 3. The van der Waals surface area contributed by atoms with Crippen molar-refractivity contribution >= 4 is 34.4 Å². The molecule has 4 rings (SSSR count). The number of carbonyl (C=O) groups excluding carboxylic acids is 3. The van der Waals surface area contributed by atoms with Crippen molar-refractivity contribution in [2.45, 2.75) is 12.8 Å². The number of ether oxygens (including phenoxy) is 1. The zero-order valence-electron chi connectivity index (χ0n) is 18.4. The van der Waals surface area contributed by atoms with Gasteiger partial charge in [0.25, 0.3) is 11.8 Å². The number of nitrogens with zero attached hydrogens (tertiary/aromatic N) is 1. The van der Waals surface area contributed by atoms with Gasteiger partial charge in [0, 0.05) is 17.6 Å². The lowest BCUT2D eigenvalue weighted by atomic mass is 10.0. The van der Waals surface area contributed by atoms with Crippen LogP contribution in [-0.4, -0.2) is 41.1 Å². The average molecular weight is 457 g/mol. The SMILES string of the molecule is O=C(COC(=O)CCNC(=O)c1n[nH]c2ccccc12)Nc1ccccc1Cc1ccccc1. The van der Waals surface area contributed by atoms with Gasteiger partial charge in [0.2, 0.25) is 0 Å². The number of anilines is 1. The highest BCUT2D eigenvalue weighted by Gasteiger charge is 2.15. The first kappa shape index (κ1) is 22.7.